The van der Waals surface area contributed by atoms with Crippen LogP contribution < -0.4 is 10.6 Å². The molecule has 0 spiro atoms. The van der Waals surface area contributed by atoms with Gasteiger partial charge in [-0.25, -0.2) is 4.79 Å². The number of amides is 2. The van der Waals surface area contributed by atoms with Crippen molar-refractivity contribution in [2.24, 2.45) is 5.92 Å². The molecule has 20 heavy (non-hydrogen) atoms. The predicted octanol–water partition coefficient (Wildman–Crippen LogP) is 2.09. The molecule has 0 radical (unpaired) electrons. The Morgan fingerprint density at radius 3 is 2.70 bits per heavy atom. The van der Waals surface area contributed by atoms with E-state index >= 15 is 0 Å². The van der Waals surface area contributed by atoms with Crippen molar-refractivity contribution in [1.82, 2.24) is 5.32 Å². The fourth-order valence-corrected chi connectivity index (χ4v) is 1.43. The van der Waals surface area contributed by atoms with Crippen molar-refractivity contribution >= 4 is 35.0 Å². The van der Waals surface area contributed by atoms with Gasteiger partial charge in [-0.05, 0) is 12.1 Å². The van der Waals surface area contributed by atoms with E-state index in [-0.39, 0.29) is 22.9 Å². The zero-order valence-corrected chi connectivity index (χ0v) is 11.2. The maximum Gasteiger partial charge on any atom is 0.319 e. The normalized spacial score (nSPS) is 11.5. The van der Waals surface area contributed by atoms with Crippen LogP contribution in [0, 0.1) is 16.0 Å². The van der Waals surface area contributed by atoms with E-state index in [1.807, 2.05) is 0 Å². The van der Waals surface area contributed by atoms with Gasteiger partial charge in [0.15, 0.2) is 0 Å². The first-order chi connectivity index (χ1) is 9.31. The lowest BCUT2D eigenvalue weighted by Crippen LogP contribution is -2.34. The molecule has 1 rings (SSSR count). The molecule has 2 amide bonds. The quantitative estimate of drug-likeness (QED) is 0.568. The number of anilines is 1. The first kappa shape index (κ1) is 15.7. The molecule has 0 saturated carbocycles. The number of carboxylic acids is 1. The Bertz CT molecular complexity index is 549. The highest BCUT2D eigenvalue weighted by Crippen LogP contribution is 2.27. The second-order valence-electron chi connectivity index (χ2n) is 4.00. The maximum absolute atomic E-state index is 11.5. The van der Waals surface area contributed by atoms with E-state index in [0.29, 0.717) is 0 Å². The zero-order valence-electron chi connectivity index (χ0n) is 10.4. The topological polar surface area (TPSA) is 122 Å². The van der Waals surface area contributed by atoms with Gasteiger partial charge >= 0.3 is 12.0 Å². The molecular formula is C11H12ClN3O5. The summed E-state index contributed by atoms with van der Waals surface area (Å²) in [5, 5.41) is 24.0. The number of urea groups is 1. The molecule has 1 aromatic rings. The Balaban J connectivity index is 2.65. The van der Waals surface area contributed by atoms with Crippen LogP contribution in [0.25, 0.3) is 0 Å². The van der Waals surface area contributed by atoms with Gasteiger partial charge in [-0.2, -0.15) is 0 Å². The average molecular weight is 302 g/mol. The molecule has 0 aromatic heterocycles. The summed E-state index contributed by atoms with van der Waals surface area (Å²) in [6.45, 7) is 1.38. The van der Waals surface area contributed by atoms with Crippen LogP contribution >= 0.6 is 11.6 Å². The number of nitrogens with one attached hydrogen (secondary N) is 2. The van der Waals surface area contributed by atoms with Crippen molar-refractivity contribution < 1.29 is 19.6 Å². The third-order valence-corrected chi connectivity index (χ3v) is 2.71. The number of benzene rings is 1. The van der Waals surface area contributed by atoms with Gasteiger partial charge in [-0.3, -0.25) is 14.9 Å². The van der Waals surface area contributed by atoms with E-state index in [4.69, 9.17) is 16.7 Å². The molecule has 0 aliphatic carbocycles. The predicted molar refractivity (Wildman–Crippen MR) is 71.9 cm³/mol. The summed E-state index contributed by atoms with van der Waals surface area (Å²) in [5.74, 6) is -1.77. The molecule has 1 atom stereocenters. The highest BCUT2D eigenvalue weighted by Gasteiger charge is 2.15. The smallest absolute Gasteiger partial charge is 0.319 e. The molecule has 8 nitrogen and oxygen atoms in total. The van der Waals surface area contributed by atoms with E-state index in [9.17, 15) is 19.7 Å². The minimum atomic E-state index is -1.03. The number of nitro groups is 1. The number of nitrogens with zero attached hydrogens (tertiary/aromatic N) is 1. The number of hydrogen-bond donors (Lipinski definition) is 3. The molecule has 3 N–H and O–H groups in total. The lowest BCUT2D eigenvalue weighted by Gasteiger charge is -2.10. The van der Waals surface area contributed by atoms with Crippen molar-refractivity contribution in [3.8, 4) is 0 Å². The van der Waals surface area contributed by atoms with Crippen LogP contribution in [0.4, 0.5) is 16.2 Å². The van der Waals surface area contributed by atoms with Gasteiger partial charge in [0.25, 0.3) is 5.69 Å². The number of rotatable bonds is 5. The van der Waals surface area contributed by atoms with Gasteiger partial charge in [0, 0.05) is 18.3 Å². The first-order valence-electron chi connectivity index (χ1n) is 5.53. The highest BCUT2D eigenvalue weighted by molar-refractivity contribution is 6.32. The third kappa shape index (κ3) is 4.39. The number of carbonyl (C=O) groups is 2. The van der Waals surface area contributed by atoms with Gasteiger partial charge in [-0.15, -0.1) is 0 Å². The van der Waals surface area contributed by atoms with Crippen molar-refractivity contribution in [2.45, 2.75) is 6.92 Å². The van der Waals surface area contributed by atoms with Gasteiger partial charge in [-0.1, -0.05) is 18.5 Å². The van der Waals surface area contributed by atoms with Crippen molar-refractivity contribution in [3.05, 3.63) is 33.3 Å². The van der Waals surface area contributed by atoms with Crippen LogP contribution in [0.3, 0.4) is 0 Å². The summed E-state index contributed by atoms with van der Waals surface area (Å²) >= 11 is 5.63. The zero-order chi connectivity index (χ0) is 15.3. The minimum Gasteiger partial charge on any atom is -0.481 e. The third-order valence-electron chi connectivity index (χ3n) is 2.39. The molecule has 0 aliphatic heterocycles. The largest absolute Gasteiger partial charge is 0.481 e. The molecular weight excluding hydrogens is 290 g/mol. The van der Waals surface area contributed by atoms with E-state index in [1.165, 1.54) is 19.1 Å². The van der Waals surface area contributed by atoms with Gasteiger partial charge in [0.1, 0.15) is 5.02 Å². The fourth-order valence-electron chi connectivity index (χ4n) is 1.24. The standard InChI is InChI=1S/C11H12ClN3O5/c1-6(10(16)17)5-13-11(18)14-7-2-3-8(12)9(4-7)15(19)20/h2-4,6H,5H2,1H3,(H,16,17)(H2,13,14,18). The molecule has 1 unspecified atom stereocenters. The number of aliphatic carboxylic acids is 1. The van der Waals surface area contributed by atoms with E-state index in [0.717, 1.165) is 6.07 Å². The number of carbonyl (C=O) groups excluding carboxylic acids is 1. The van der Waals surface area contributed by atoms with Crippen LogP contribution in [0.1, 0.15) is 6.92 Å². The van der Waals surface area contributed by atoms with E-state index in [2.05, 4.69) is 10.6 Å². The van der Waals surface area contributed by atoms with Crippen LogP contribution in [0.15, 0.2) is 18.2 Å². The lowest BCUT2D eigenvalue weighted by atomic mass is 10.2. The Hall–Kier alpha value is -2.35. The molecule has 0 aliphatic rings. The van der Waals surface area contributed by atoms with Crippen LogP contribution in [-0.4, -0.2) is 28.6 Å². The average Bonchev–Trinajstić information content (AvgIpc) is 2.37. The van der Waals surface area contributed by atoms with Gasteiger partial charge in [0.2, 0.25) is 0 Å². The summed E-state index contributed by atoms with van der Waals surface area (Å²) in [6, 6.07) is 3.14. The minimum absolute atomic E-state index is 0.0412. The molecule has 0 heterocycles. The van der Waals surface area contributed by atoms with Crippen molar-refractivity contribution in [1.29, 1.82) is 0 Å². The second-order valence-corrected chi connectivity index (χ2v) is 4.40. The summed E-state index contributed by atoms with van der Waals surface area (Å²) in [7, 11) is 0. The van der Waals surface area contributed by atoms with E-state index < -0.39 is 22.8 Å². The van der Waals surface area contributed by atoms with Gasteiger partial charge in [0.05, 0.1) is 10.8 Å². The summed E-state index contributed by atoms with van der Waals surface area (Å²) < 4.78 is 0. The maximum atomic E-state index is 11.5. The SMILES string of the molecule is CC(CNC(=O)Nc1ccc(Cl)c([N+](=O)[O-])c1)C(=O)O. The molecule has 0 bridgehead atoms. The Morgan fingerprint density at radius 2 is 2.15 bits per heavy atom. The number of carboxylic acid groups (broad SMARTS) is 1. The fraction of sp³-hybridized carbons (Fsp3) is 0.273. The molecule has 9 heteroatoms. The molecule has 1 aromatic carbocycles. The molecule has 0 saturated heterocycles. The highest BCUT2D eigenvalue weighted by atomic mass is 35.5. The van der Waals surface area contributed by atoms with Gasteiger partial charge < -0.3 is 15.7 Å². The van der Waals surface area contributed by atoms with Crippen molar-refractivity contribution in [2.75, 3.05) is 11.9 Å². The lowest BCUT2D eigenvalue weighted by molar-refractivity contribution is -0.384. The van der Waals surface area contributed by atoms with Crippen LogP contribution in [-0.2, 0) is 4.79 Å². The number of nitro benzene ring substituents is 1. The monoisotopic (exact) mass is 301 g/mol. The summed E-state index contributed by atoms with van der Waals surface area (Å²) in [6.07, 6.45) is 0. The first-order valence-corrected chi connectivity index (χ1v) is 5.90. The Labute approximate surface area is 118 Å². The van der Waals surface area contributed by atoms with E-state index in [1.54, 1.807) is 0 Å². The number of hydrogen-bond acceptors (Lipinski definition) is 4. The Kier molecular flexibility index (Phi) is 5.27. The summed E-state index contributed by atoms with van der Waals surface area (Å²) in [5.41, 5.74) is -0.148. The van der Waals surface area contributed by atoms with Crippen LogP contribution in [0.2, 0.25) is 5.02 Å². The molecule has 0 fully saturated rings. The van der Waals surface area contributed by atoms with Crippen LogP contribution in [0.5, 0.6) is 0 Å². The number of halogens is 1. The Morgan fingerprint density at radius 1 is 1.50 bits per heavy atom. The molecule has 108 valence electrons. The van der Waals surface area contributed by atoms with Crippen molar-refractivity contribution in [3.63, 3.8) is 0 Å². The summed E-state index contributed by atoms with van der Waals surface area (Å²) in [4.78, 5) is 32.1. The second kappa shape index (κ2) is 6.71.